The van der Waals surface area contributed by atoms with E-state index in [4.69, 9.17) is 10.2 Å². The zero-order valence-electron chi connectivity index (χ0n) is 7.79. The highest BCUT2D eigenvalue weighted by Crippen LogP contribution is 1.85. The molecule has 0 aromatic carbocycles. The summed E-state index contributed by atoms with van der Waals surface area (Å²) in [5.74, 6) is 0. The Kier molecular flexibility index (Phi) is 8.81. The number of hydrogen-bond donors (Lipinski definition) is 3. The van der Waals surface area contributed by atoms with Crippen LogP contribution >= 0.6 is 0 Å². The number of unbranched alkanes of at least 4 members (excludes halogenated alkanes) is 1. The van der Waals surface area contributed by atoms with Crippen LogP contribution in [0.4, 0.5) is 0 Å². The van der Waals surface area contributed by atoms with Gasteiger partial charge in [-0.3, -0.25) is 5.43 Å². The molecule has 0 radical (unpaired) electrons. The maximum atomic E-state index is 8.66. The van der Waals surface area contributed by atoms with Gasteiger partial charge in [-0.05, 0) is 6.42 Å². The Morgan fingerprint density at radius 3 is 2.17 bits per heavy atom. The van der Waals surface area contributed by atoms with E-state index in [2.05, 4.69) is 12.3 Å². The van der Waals surface area contributed by atoms with Crippen LogP contribution in [0.15, 0.2) is 0 Å². The minimum absolute atomic E-state index is 0.124. The molecule has 0 aliphatic heterocycles. The van der Waals surface area contributed by atoms with E-state index < -0.39 is 0 Å². The average Bonchev–Trinajstić information content (AvgIpc) is 2.06. The summed E-state index contributed by atoms with van der Waals surface area (Å²) in [6, 6.07) is 0. The van der Waals surface area contributed by atoms with E-state index in [1.165, 1.54) is 0 Å². The molecule has 0 aromatic heterocycles. The normalized spacial score (nSPS) is 11.0. The Hall–Kier alpha value is -0.160. The van der Waals surface area contributed by atoms with Crippen molar-refractivity contribution in [2.24, 2.45) is 0 Å². The molecule has 74 valence electrons. The van der Waals surface area contributed by atoms with Gasteiger partial charge in [0.2, 0.25) is 0 Å². The first-order chi connectivity index (χ1) is 5.85. The molecular weight excluding hydrogens is 156 g/mol. The third-order valence-corrected chi connectivity index (χ3v) is 1.61. The summed E-state index contributed by atoms with van der Waals surface area (Å²) in [6.45, 7) is 4.44. The first kappa shape index (κ1) is 11.8. The quantitative estimate of drug-likeness (QED) is 0.347. The van der Waals surface area contributed by atoms with Gasteiger partial charge in [-0.15, -0.1) is 0 Å². The number of aliphatic hydroxyl groups excluding tert-OH is 2. The Balaban J connectivity index is 3.34. The van der Waals surface area contributed by atoms with Crippen molar-refractivity contribution in [1.29, 1.82) is 0 Å². The number of hydrazine groups is 1. The summed E-state index contributed by atoms with van der Waals surface area (Å²) in [5.41, 5.74) is 3.14. The standard InChI is InChI=1S/C8H20N2O2/c1-2-3-4-9-10(5-7-11)6-8-12/h9,11-12H,2-8H2,1H3. The molecule has 3 N–H and O–H groups in total. The van der Waals surface area contributed by atoms with Crippen LogP contribution in [0.1, 0.15) is 19.8 Å². The van der Waals surface area contributed by atoms with Gasteiger partial charge in [0.25, 0.3) is 0 Å². The highest BCUT2D eigenvalue weighted by Gasteiger charge is 2.00. The van der Waals surface area contributed by atoms with E-state index in [0.717, 1.165) is 19.4 Å². The molecule has 0 saturated heterocycles. The van der Waals surface area contributed by atoms with Crippen molar-refractivity contribution in [2.75, 3.05) is 32.8 Å². The van der Waals surface area contributed by atoms with E-state index >= 15 is 0 Å². The maximum absolute atomic E-state index is 8.66. The van der Waals surface area contributed by atoms with Crippen LogP contribution in [0.3, 0.4) is 0 Å². The lowest BCUT2D eigenvalue weighted by Gasteiger charge is -2.20. The van der Waals surface area contributed by atoms with Crippen molar-refractivity contribution < 1.29 is 10.2 Å². The fraction of sp³-hybridized carbons (Fsp3) is 1.00. The first-order valence-electron chi connectivity index (χ1n) is 4.55. The van der Waals surface area contributed by atoms with Crippen molar-refractivity contribution >= 4 is 0 Å². The number of nitrogens with one attached hydrogen (secondary N) is 1. The third kappa shape index (κ3) is 6.54. The summed E-state index contributed by atoms with van der Waals surface area (Å²) >= 11 is 0. The van der Waals surface area contributed by atoms with Gasteiger partial charge in [0.1, 0.15) is 0 Å². The lowest BCUT2D eigenvalue weighted by molar-refractivity contribution is 0.115. The van der Waals surface area contributed by atoms with Crippen LogP contribution in [-0.4, -0.2) is 48.1 Å². The van der Waals surface area contributed by atoms with Crippen LogP contribution in [0, 0.1) is 0 Å². The summed E-state index contributed by atoms with van der Waals surface area (Å²) in [7, 11) is 0. The zero-order valence-corrected chi connectivity index (χ0v) is 7.79. The molecule has 0 amide bonds. The molecule has 0 spiro atoms. The van der Waals surface area contributed by atoms with Gasteiger partial charge in [-0.1, -0.05) is 13.3 Å². The van der Waals surface area contributed by atoms with Gasteiger partial charge in [0.05, 0.1) is 13.2 Å². The van der Waals surface area contributed by atoms with Crippen molar-refractivity contribution in [2.45, 2.75) is 19.8 Å². The van der Waals surface area contributed by atoms with Gasteiger partial charge < -0.3 is 10.2 Å². The zero-order chi connectivity index (χ0) is 9.23. The minimum Gasteiger partial charge on any atom is -0.395 e. The average molecular weight is 176 g/mol. The Morgan fingerprint density at radius 1 is 1.17 bits per heavy atom. The lowest BCUT2D eigenvalue weighted by atomic mass is 10.3. The number of aliphatic hydroxyl groups is 2. The van der Waals surface area contributed by atoms with Crippen molar-refractivity contribution in [3.05, 3.63) is 0 Å². The summed E-state index contributed by atoms with van der Waals surface area (Å²) in [4.78, 5) is 0. The summed E-state index contributed by atoms with van der Waals surface area (Å²) in [5, 5.41) is 19.2. The van der Waals surface area contributed by atoms with Crippen LogP contribution in [0.5, 0.6) is 0 Å². The van der Waals surface area contributed by atoms with Crippen molar-refractivity contribution in [3.8, 4) is 0 Å². The second kappa shape index (κ2) is 8.93. The minimum atomic E-state index is 0.124. The molecule has 0 rings (SSSR count). The van der Waals surface area contributed by atoms with Crippen LogP contribution in [0.25, 0.3) is 0 Å². The Bertz CT molecular complexity index is 85.1. The first-order valence-corrected chi connectivity index (χ1v) is 4.55. The fourth-order valence-corrected chi connectivity index (χ4v) is 0.925. The van der Waals surface area contributed by atoms with E-state index in [1.807, 2.05) is 5.01 Å². The number of nitrogens with zero attached hydrogens (tertiary/aromatic N) is 1. The fourth-order valence-electron chi connectivity index (χ4n) is 0.925. The molecule has 12 heavy (non-hydrogen) atoms. The Labute approximate surface area is 74.2 Å². The van der Waals surface area contributed by atoms with E-state index in [1.54, 1.807) is 0 Å². The van der Waals surface area contributed by atoms with Crippen molar-refractivity contribution in [1.82, 2.24) is 10.4 Å². The largest absolute Gasteiger partial charge is 0.395 e. The van der Waals surface area contributed by atoms with Gasteiger partial charge in [-0.2, -0.15) is 0 Å². The number of rotatable bonds is 8. The molecule has 0 aromatic rings. The molecule has 4 nitrogen and oxygen atoms in total. The third-order valence-electron chi connectivity index (χ3n) is 1.61. The molecule has 0 aliphatic rings. The highest BCUT2D eigenvalue weighted by molar-refractivity contribution is 4.50. The topological polar surface area (TPSA) is 55.7 Å². The molecule has 4 heteroatoms. The summed E-state index contributed by atoms with van der Waals surface area (Å²) in [6.07, 6.45) is 2.27. The van der Waals surface area contributed by atoms with Gasteiger partial charge in [-0.25, -0.2) is 5.01 Å². The molecule has 0 aliphatic carbocycles. The second-order valence-electron chi connectivity index (χ2n) is 2.70. The van der Waals surface area contributed by atoms with E-state index in [0.29, 0.717) is 13.1 Å². The van der Waals surface area contributed by atoms with Gasteiger partial charge in [0.15, 0.2) is 0 Å². The molecule has 0 saturated carbocycles. The predicted octanol–water partition coefficient (Wildman–Crippen LogP) is -0.422. The SMILES string of the molecule is CCCCNN(CCO)CCO. The van der Waals surface area contributed by atoms with E-state index in [9.17, 15) is 0 Å². The van der Waals surface area contributed by atoms with Crippen LogP contribution in [-0.2, 0) is 0 Å². The molecule has 0 unspecified atom stereocenters. The molecule has 0 heterocycles. The van der Waals surface area contributed by atoms with Crippen molar-refractivity contribution in [3.63, 3.8) is 0 Å². The second-order valence-corrected chi connectivity index (χ2v) is 2.70. The van der Waals surface area contributed by atoms with Crippen LogP contribution in [0.2, 0.25) is 0 Å². The monoisotopic (exact) mass is 176 g/mol. The molecular formula is C8H20N2O2. The van der Waals surface area contributed by atoms with Gasteiger partial charge >= 0.3 is 0 Å². The van der Waals surface area contributed by atoms with Gasteiger partial charge in [0, 0.05) is 19.6 Å². The Morgan fingerprint density at radius 2 is 1.75 bits per heavy atom. The molecule has 0 atom stereocenters. The highest BCUT2D eigenvalue weighted by atomic mass is 16.3. The smallest absolute Gasteiger partial charge is 0.0572 e. The number of hydrogen-bond acceptors (Lipinski definition) is 4. The molecule has 0 fully saturated rings. The molecule has 0 bridgehead atoms. The summed E-state index contributed by atoms with van der Waals surface area (Å²) < 4.78 is 0. The lowest BCUT2D eigenvalue weighted by Crippen LogP contribution is -2.42. The van der Waals surface area contributed by atoms with Crippen LogP contribution < -0.4 is 5.43 Å². The van der Waals surface area contributed by atoms with E-state index in [-0.39, 0.29) is 13.2 Å². The maximum Gasteiger partial charge on any atom is 0.0572 e. The predicted molar refractivity (Wildman–Crippen MR) is 48.7 cm³/mol.